The number of hydrogen-bond donors (Lipinski definition) is 0. The summed E-state index contributed by atoms with van der Waals surface area (Å²) in [6, 6.07) is 7.69. The summed E-state index contributed by atoms with van der Waals surface area (Å²) < 4.78 is 25.0. The summed E-state index contributed by atoms with van der Waals surface area (Å²) in [5.41, 5.74) is 1.96. The van der Waals surface area contributed by atoms with Crippen LogP contribution in [0.5, 0.6) is 0 Å². The number of rotatable bonds is 6. The van der Waals surface area contributed by atoms with E-state index in [4.69, 9.17) is 11.6 Å². The first-order valence-corrected chi connectivity index (χ1v) is 15.1. The predicted molar refractivity (Wildman–Crippen MR) is 144 cm³/mol. The molecule has 9 heteroatoms. The highest BCUT2D eigenvalue weighted by molar-refractivity contribution is 7.92. The van der Waals surface area contributed by atoms with Crippen LogP contribution in [0.1, 0.15) is 79.5 Å². The van der Waals surface area contributed by atoms with Gasteiger partial charge < -0.3 is 9.80 Å². The summed E-state index contributed by atoms with van der Waals surface area (Å²) in [4.78, 5) is 30.1. The normalized spacial score (nSPS) is 23.2. The zero-order chi connectivity index (χ0) is 26.6. The van der Waals surface area contributed by atoms with E-state index >= 15 is 0 Å². The molecular weight excluding hydrogens is 516 g/mol. The van der Waals surface area contributed by atoms with E-state index in [1.807, 2.05) is 24.3 Å². The number of carbonyl (C=O) groups excluding carboxylic acids is 2. The topological polar surface area (TPSA) is 74.8 Å². The van der Waals surface area contributed by atoms with Crippen LogP contribution in [0.4, 0.5) is 0 Å². The minimum Gasteiger partial charge on any atom is -0.337 e. The average molecular weight is 551 g/mol. The third-order valence-corrected chi connectivity index (χ3v) is 11.4. The molecule has 6 nitrogen and oxygen atoms in total. The maximum absolute atomic E-state index is 13.3. The van der Waals surface area contributed by atoms with Crippen molar-refractivity contribution in [2.45, 2.75) is 76.6 Å². The van der Waals surface area contributed by atoms with Crippen molar-refractivity contribution in [2.75, 3.05) is 13.6 Å². The second kappa shape index (κ2) is 9.44. The number of fused-ring (bicyclic) bond motifs is 2. The molecule has 1 aromatic heterocycles. The van der Waals surface area contributed by atoms with Crippen LogP contribution in [-0.2, 0) is 16.4 Å². The van der Waals surface area contributed by atoms with Crippen molar-refractivity contribution >= 4 is 44.6 Å². The lowest BCUT2D eigenvalue weighted by molar-refractivity contribution is 0.0707. The number of thiophene rings is 1. The monoisotopic (exact) mass is 550 g/mol. The molecule has 2 atom stereocenters. The van der Waals surface area contributed by atoms with Crippen LogP contribution in [-0.4, -0.2) is 54.9 Å². The fourth-order valence-corrected chi connectivity index (χ4v) is 9.13. The lowest BCUT2D eigenvalue weighted by Gasteiger charge is -2.39. The molecule has 2 bridgehead atoms. The van der Waals surface area contributed by atoms with Crippen molar-refractivity contribution in [3.63, 3.8) is 0 Å². The van der Waals surface area contributed by atoms with Crippen molar-refractivity contribution in [3.05, 3.63) is 50.7 Å². The van der Waals surface area contributed by atoms with Gasteiger partial charge >= 0.3 is 0 Å². The molecule has 36 heavy (non-hydrogen) atoms. The van der Waals surface area contributed by atoms with Crippen LogP contribution in [0.3, 0.4) is 0 Å². The Kier molecular flexibility index (Phi) is 7.12. The number of amides is 2. The maximum Gasteiger partial charge on any atom is 0.265 e. The Morgan fingerprint density at radius 1 is 1.17 bits per heavy atom. The molecule has 2 amide bonds. The van der Waals surface area contributed by atoms with E-state index in [-0.39, 0.29) is 43.5 Å². The van der Waals surface area contributed by atoms with Crippen molar-refractivity contribution in [2.24, 2.45) is 10.8 Å². The molecular formula is C27H35ClN2O4S2. The summed E-state index contributed by atoms with van der Waals surface area (Å²) in [5.74, 6) is -0.266. The van der Waals surface area contributed by atoms with Gasteiger partial charge in [0, 0.05) is 37.1 Å². The van der Waals surface area contributed by atoms with Gasteiger partial charge in [0.15, 0.2) is 9.84 Å². The molecule has 196 valence electrons. The van der Waals surface area contributed by atoms with E-state index < -0.39 is 15.1 Å². The Balaban J connectivity index is 1.44. The Morgan fingerprint density at radius 2 is 1.81 bits per heavy atom. The van der Waals surface area contributed by atoms with E-state index in [9.17, 15) is 18.0 Å². The van der Waals surface area contributed by atoms with Gasteiger partial charge in [-0.25, -0.2) is 8.42 Å². The standard InChI is InChI=1S/C27H35ClN2O4S2/c1-17(2)36(33,34)21-14-35-23(22(21)28)25(32)29(6)13-18-7-9-19(10-8-18)24(31)30-16-27(5)12-20(30)11-26(3,4)15-27/h7-10,14,17,20H,11-13,15-16H2,1-6H3/t20-,27?/m1/s1. The van der Waals surface area contributed by atoms with Gasteiger partial charge in [0.2, 0.25) is 0 Å². The highest BCUT2D eigenvalue weighted by Crippen LogP contribution is 2.52. The third kappa shape index (κ3) is 5.09. The van der Waals surface area contributed by atoms with Gasteiger partial charge in [-0.1, -0.05) is 44.5 Å². The fraction of sp³-hybridized carbons (Fsp3) is 0.556. The van der Waals surface area contributed by atoms with E-state index in [0.717, 1.165) is 42.7 Å². The van der Waals surface area contributed by atoms with Crippen LogP contribution < -0.4 is 0 Å². The Hall–Kier alpha value is -1.90. The second-order valence-corrected chi connectivity index (χ2v) is 15.6. The zero-order valence-electron chi connectivity index (χ0n) is 21.8. The van der Waals surface area contributed by atoms with Crippen molar-refractivity contribution in [1.29, 1.82) is 0 Å². The molecule has 1 aliphatic heterocycles. The van der Waals surface area contributed by atoms with Gasteiger partial charge in [0.05, 0.1) is 15.2 Å². The van der Waals surface area contributed by atoms with E-state index in [1.54, 1.807) is 20.9 Å². The number of carbonyl (C=O) groups is 2. The number of halogens is 1. The molecule has 2 aliphatic rings. The van der Waals surface area contributed by atoms with Crippen LogP contribution in [0.15, 0.2) is 34.5 Å². The van der Waals surface area contributed by atoms with Crippen LogP contribution in [0.25, 0.3) is 0 Å². The van der Waals surface area contributed by atoms with E-state index in [1.165, 1.54) is 10.3 Å². The SMILES string of the molecule is CC(C)S(=O)(=O)c1csc(C(=O)N(C)Cc2ccc(C(=O)N3CC4(C)C[C@H]3CC(C)(C)C4)cc2)c1Cl. The molecule has 1 aromatic carbocycles. The maximum atomic E-state index is 13.3. The summed E-state index contributed by atoms with van der Waals surface area (Å²) in [6.45, 7) is 11.2. The number of benzene rings is 1. The molecule has 0 N–H and O–H groups in total. The fourth-order valence-electron chi connectivity index (χ4n) is 6.05. The third-order valence-electron chi connectivity index (χ3n) is 7.46. The highest BCUT2D eigenvalue weighted by atomic mass is 35.5. The number of likely N-dealkylation sites (tertiary alicyclic amines) is 1. The highest BCUT2D eigenvalue weighted by Gasteiger charge is 2.51. The first kappa shape index (κ1) is 27.1. The molecule has 0 spiro atoms. The Morgan fingerprint density at radius 3 is 2.42 bits per heavy atom. The molecule has 1 saturated heterocycles. The summed E-state index contributed by atoms with van der Waals surface area (Å²) >= 11 is 7.36. The molecule has 1 unspecified atom stereocenters. The van der Waals surface area contributed by atoms with Gasteiger partial charge in [0.25, 0.3) is 11.8 Å². The van der Waals surface area contributed by atoms with Crippen LogP contribution in [0.2, 0.25) is 5.02 Å². The number of sulfone groups is 1. The Bertz CT molecular complexity index is 1280. The number of hydrogen-bond acceptors (Lipinski definition) is 5. The molecule has 4 rings (SSSR count). The molecule has 2 aromatic rings. The van der Waals surface area contributed by atoms with Gasteiger partial charge in [-0.2, -0.15) is 0 Å². The van der Waals surface area contributed by atoms with E-state index in [2.05, 4.69) is 25.7 Å². The molecule has 2 fully saturated rings. The molecule has 1 saturated carbocycles. The van der Waals surface area contributed by atoms with Crippen LogP contribution in [0, 0.1) is 10.8 Å². The van der Waals surface area contributed by atoms with Gasteiger partial charge in [-0.05, 0) is 61.6 Å². The summed E-state index contributed by atoms with van der Waals surface area (Å²) in [7, 11) is -1.92. The summed E-state index contributed by atoms with van der Waals surface area (Å²) in [5, 5.41) is 0.800. The lowest BCUT2D eigenvalue weighted by atomic mass is 9.65. The smallest absolute Gasteiger partial charge is 0.265 e. The van der Waals surface area contributed by atoms with E-state index in [0.29, 0.717) is 12.1 Å². The average Bonchev–Trinajstić information content (AvgIpc) is 3.28. The minimum absolute atomic E-state index is 0.00689. The molecule has 1 aliphatic carbocycles. The van der Waals surface area contributed by atoms with Gasteiger partial charge in [-0.15, -0.1) is 11.3 Å². The van der Waals surface area contributed by atoms with Gasteiger partial charge in [-0.3, -0.25) is 9.59 Å². The lowest BCUT2D eigenvalue weighted by Crippen LogP contribution is -2.37. The number of nitrogens with zero attached hydrogens (tertiary/aromatic N) is 2. The predicted octanol–water partition coefficient (Wildman–Crippen LogP) is 5.90. The molecule has 2 heterocycles. The minimum atomic E-state index is -3.57. The second-order valence-electron chi connectivity index (χ2n) is 11.8. The first-order chi connectivity index (χ1) is 16.6. The quantitative estimate of drug-likeness (QED) is 0.449. The van der Waals surface area contributed by atoms with Crippen molar-refractivity contribution in [1.82, 2.24) is 9.80 Å². The van der Waals surface area contributed by atoms with Crippen molar-refractivity contribution < 1.29 is 18.0 Å². The van der Waals surface area contributed by atoms with Gasteiger partial charge in [0.1, 0.15) is 4.88 Å². The molecule has 0 radical (unpaired) electrons. The zero-order valence-corrected chi connectivity index (χ0v) is 24.2. The van der Waals surface area contributed by atoms with Crippen molar-refractivity contribution in [3.8, 4) is 0 Å². The largest absolute Gasteiger partial charge is 0.337 e. The first-order valence-electron chi connectivity index (χ1n) is 12.3. The Labute approximate surface area is 223 Å². The summed E-state index contributed by atoms with van der Waals surface area (Å²) in [6.07, 6.45) is 3.24. The van der Waals surface area contributed by atoms with Crippen LogP contribution >= 0.6 is 22.9 Å².